The first-order chi connectivity index (χ1) is 9.72. The van der Waals surface area contributed by atoms with Crippen LogP contribution in [-0.4, -0.2) is 13.0 Å². The molecule has 0 saturated carbocycles. The molecular weight excluding hydrogens is 274 g/mol. The molecule has 0 aliphatic carbocycles. The number of alkyl halides is 1. The van der Waals surface area contributed by atoms with E-state index in [2.05, 4.69) is 5.32 Å². The van der Waals surface area contributed by atoms with Crippen molar-refractivity contribution in [2.24, 2.45) is 0 Å². The topological polar surface area (TPSA) is 38.3 Å². The highest BCUT2D eigenvalue weighted by molar-refractivity contribution is 6.17. The van der Waals surface area contributed by atoms with E-state index in [9.17, 15) is 4.79 Å². The highest BCUT2D eigenvalue weighted by Crippen LogP contribution is 2.14. The predicted octanol–water partition coefficient (Wildman–Crippen LogP) is 3.82. The lowest BCUT2D eigenvalue weighted by Gasteiger charge is -2.07. The lowest BCUT2D eigenvalue weighted by molar-refractivity contribution is 0.102. The summed E-state index contributed by atoms with van der Waals surface area (Å²) >= 11 is 5.72. The summed E-state index contributed by atoms with van der Waals surface area (Å²) in [6.07, 6.45) is 0. The van der Waals surface area contributed by atoms with Gasteiger partial charge in [-0.1, -0.05) is 24.3 Å². The number of rotatable bonds is 5. The number of nitrogens with one attached hydrogen (secondary N) is 1. The van der Waals surface area contributed by atoms with Crippen LogP contribution in [0.25, 0.3) is 0 Å². The molecule has 104 valence electrons. The SMILES string of the molecule is COCc1cccc(NC(=O)c2ccc(CCl)cc2)c1. The largest absolute Gasteiger partial charge is 0.380 e. The maximum Gasteiger partial charge on any atom is 0.255 e. The van der Waals surface area contributed by atoms with Gasteiger partial charge in [0.1, 0.15) is 0 Å². The smallest absolute Gasteiger partial charge is 0.255 e. The molecular formula is C16H16ClNO2. The molecule has 0 aromatic heterocycles. The molecule has 20 heavy (non-hydrogen) atoms. The van der Waals surface area contributed by atoms with Crippen molar-refractivity contribution < 1.29 is 9.53 Å². The standard InChI is InChI=1S/C16H16ClNO2/c1-20-11-13-3-2-4-15(9-13)18-16(19)14-7-5-12(10-17)6-8-14/h2-9H,10-11H2,1H3,(H,18,19). The van der Waals surface area contributed by atoms with E-state index < -0.39 is 0 Å². The van der Waals surface area contributed by atoms with Crippen LogP contribution in [0.5, 0.6) is 0 Å². The van der Waals surface area contributed by atoms with Crippen molar-refractivity contribution in [2.45, 2.75) is 12.5 Å². The Morgan fingerprint density at radius 2 is 1.90 bits per heavy atom. The monoisotopic (exact) mass is 289 g/mol. The zero-order valence-electron chi connectivity index (χ0n) is 11.2. The van der Waals surface area contributed by atoms with Crippen LogP contribution in [-0.2, 0) is 17.2 Å². The molecule has 0 fully saturated rings. The highest BCUT2D eigenvalue weighted by Gasteiger charge is 2.06. The van der Waals surface area contributed by atoms with Crippen LogP contribution >= 0.6 is 11.6 Å². The first-order valence-electron chi connectivity index (χ1n) is 6.27. The van der Waals surface area contributed by atoms with Gasteiger partial charge >= 0.3 is 0 Å². The Kier molecular flexibility index (Phi) is 5.16. The summed E-state index contributed by atoms with van der Waals surface area (Å²) in [5.41, 5.74) is 3.37. The Hall–Kier alpha value is -1.84. The summed E-state index contributed by atoms with van der Waals surface area (Å²) < 4.78 is 5.07. The van der Waals surface area contributed by atoms with Crippen LogP contribution in [0.1, 0.15) is 21.5 Å². The Balaban J connectivity index is 2.08. The quantitative estimate of drug-likeness (QED) is 0.850. The number of ether oxygens (including phenoxy) is 1. The lowest BCUT2D eigenvalue weighted by atomic mass is 10.1. The van der Waals surface area contributed by atoms with Crippen molar-refractivity contribution >= 4 is 23.2 Å². The minimum absolute atomic E-state index is 0.138. The number of methoxy groups -OCH3 is 1. The summed E-state index contributed by atoms with van der Waals surface area (Å²) in [5.74, 6) is 0.307. The van der Waals surface area contributed by atoms with Gasteiger partial charge in [-0.05, 0) is 35.4 Å². The summed E-state index contributed by atoms with van der Waals surface area (Å²) in [5, 5.41) is 2.87. The second-order valence-corrected chi connectivity index (χ2v) is 4.69. The van der Waals surface area contributed by atoms with E-state index in [1.54, 1.807) is 19.2 Å². The van der Waals surface area contributed by atoms with E-state index in [4.69, 9.17) is 16.3 Å². The number of benzene rings is 2. The van der Waals surface area contributed by atoms with E-state index in [1.165, 1.54) is 0 Å². The van der Waals surface area contributed by atoms with E-state index in [1.807, 2.05) is 36.4 Å². The van der Waals surface area contributed by atoms with E-state index in [0.717, 1.165) is 16.8 Å². The van der Waals surface area contributed by atoms with Gasteiger partial charge in [0.2, 0.25) is 0 Å². The fourth-order valence-corrected chi connectivity index (χ4v) is 2.03. The lowest BCUT2D eigenvalue weighted by Crippen LogP contribution is -2.12. The summed E-state index contributed by atoms with van der Waals surface area (Å²) in [6, 6.07) is 14.8. The van der Waals surface area contributed by atoms with Gasteiger partial charge in [0.25, 0.3) is 5.91 Å². The maximum atomic E-state index is 12.1. The van der Waals surface area contributed by atoms with E-state index in [-0.39, 0.29) is 5.91 Å². The van der Waals surface area contributed by atoms with Gasteiger partial charge in [-0.3, -0.25) is 4.79 Å². The van der Waals surface area contributed by atoms with Crippen LogP contribution < -0.4 is 5.32 Å². The molecule has 0 unspecified atom stereocenters. The van der Waals surface area contributed by atoms with Crippen LogP contribution in [0.15, 0.2) is 48.5 Å². The molecule has 0 radical (unpaired) electrons. The number of carbonyl (C=O) groups excluding carboxylic acids is 1. The van der Waals surface area contributed by atoms with Crippen LogP contribution in [0.4, 0.5) is 5.69 Å². The Morgan fingerprint density at radius 3 is 2.55 bits per heavy atom. The van der Waals surface area contributed by atoms with Crippen molar-refractivity contribution in [3.8, 4) is 0 Å². The highest BCUT2D eigenvalue weighted by atomic mass is 35.5. The number of hydrogen-bond acceptors (Lipinski definition) is 2. The van der Waals surface area contributed by atoms with Crippen molar-refractivity contribution in [1.82, 2.24) is 0 Å². The van der Waals surface area contributed by atoms with Crippen molar-refractivity contribution in [1.29, 1.82) is 0 Å². The zero-order valence-corrected chi connectivity index (χ0v) is 12.0. The third-order valence-corrected chi connectivity index (χ3v) is 3.17. The second kappa shape index (κ2) is 7.08. The number of halogens is 1. The van der Waals surface area contributed by atoms with Gasteiger partial charge in [0.15, 0.2) is 0 Å². The summed E-state index contributed by atoms with van der Waals surface area (Å²) in [7, 11) is 1.64. The fourth-order valence-electron chi connectivity index (χ4n) is 1.85. The molecule has 0 bridgehead atoms. The van der Waals surface area contributed by atoms with Crippen LogP contribution in [0, 0.1) is 0 Å². The van der Waals surface area contributed by atoms with Gasteiger partial charge < -0.3 is 10.1 Å². The molecule has 0 atom stereocenters. The van der Waals surface area contributed by atoms with E-state index in [0.29, 0.717) is 18.1 Å². The normalized spacial score (nSPS) is 10.3. The summed E-state index contributed by atoms with van der Waals surface area (Å²) in [6.45, 7) is 0.522. The molecule has 0 saturated heterocycles. The molecule has 3 nitrogen and oxygen atoms in total. The average molecular weight is 290 g/mol. The fraction of sp³-hybridized carbons (Fsp3) is 0.188. The second-order valence-electron chi connectivity index (χ2n) is 4.42. The molecule has 0 spiro atoms. The van der Waals surface area contributed by atoms with Gasteiger partial charge in [0.05, 0.1) is 6.61 Å². The number of carbonyl (C=O) groups is 1. The van der Waals surface area contributed by atoms with Crippen molar-refractivity contribution in [2.75, 3.05) is 12.4 Å². The Morgan fingerprint density at radius 1 is 1.15 bits per heavy atom. The molecule has 0 aliphatic rings. The molecule has 0 heterocycles. The van der Waals surface area contributed by atoms with Crippen molar-refractivity contribution in [3.05, 3.63) is 65.2 Å². The average Bonchev–Trinajstić information content (AvgIpc) is 2.48. The molecule has 0 aliphatic heterocycles. The third-order valence-electron chi connectivity index (χ3n) is 2.87. The third kappa shape index (κ3) is 3.83. The molecule has 2 rings (SSSR count). The predicted molar refractivity (Wildman–Crippen MR) is 81.1 cm³/mol. The molecule has 2 aromatic carbocycles. The van der Waals surface area contributed by atoms with Crippen LogP contribution in [0.3, 0.4) is 0 Å². The minimum atomic E-state index is -0.138. The Labute approximate surface area is 123 Å². The van der Waals surface area contributed by atoms with E-state index >= 15 is 0 Å². The number of anilines is 1. The minimum Gasteiger partial charge on any atom is -0.380 e. The van der Waals surface area contributed by atoms with Gasteiger partial charge in [-0.15, -0.1) is 11.6 Å². The summed E-state index contributed by atoms with van der Waals surface area (Å²) in [4.78, 5) is 12.1. The van der Waals surface area contributed by atoms with Gasteiger partial charge in [-0.25, -0.2) is 0 Å². The number of amides is 1. The molecule has 1 N–H and O–H groups in total. The Bertz CT molecular complexity index is 581. The molecule has 2 aromatic rings. The van der Waals surface area contributed by atoms with Crippen LogP contribution in [0.2, 0.25) is 0 Å². The molecule has 4 heteroatoms. The first kappa shape index (κ1) is 14.6. The molecule has 1 amide bonds. The number of hydrogen-bond donors (Lipinski definition) is 1. The van der Waals surface area contributed by atoms with Gasteiger partial charge in [-0.2, -0.15) is 0 Å². The van der Waals surface area contributed by atoms with Crippen molar-refractivity contribution in [3.63, 3.8) is 0 Å². The maximum absolute atomic E-state index is 12.1. The van der Waals surface area contributed by atoms with Gasteiger partial charge in [0, 0.05) is 24.2 Å². The first-order valence-corrected chi connectivity index (χ1v) is 6.80. The zero-order chi connectivity index (χ0) is 14.4.